The van der Waals surface area contributed by atoms with E-state index in [2.05, 4.69) is 44.2 Å². The van der Waals surface area contributed by atoms with E-state index >= 15 is 0 Å². The highest BCUT2D eigenvalue weighted by Gasteiger charge is 2.36. The molecule has 0 fully saturated rings. The topological polar surface area (TPSA) is 41.3 Å². The van der Waals surface area contributed by atoms with Gasteiger partial charge in [0.25, 0.3) is 0 Å². The molecule has 0 spiro atoms. The van der Waals surface area contributed by atoms with E-state index < -0.39 is 0 Å². The largest absolute Gasteiger partial charge is 0.302 e. The molecule has 0 bridgehead atoms. The molecule has 3 heteroatoms. The predicted octanol–water partition coefficient (Wildman–Crippen LogP) is 1.74. The van der Waals surface area contributed by atoms with Gasteiger partial charge in [0, 0.05) is 18.0 Å². The summed E-state index contributed by atoms with van der Waals surface area (Å²) in [6.45, 7) is 4.43. The van der Waals surface area contributed by atoms with Crippen LogP contribution < -0.4 is 11.3 Å². The lowest BCUT2D eigenvalue weighted by atomic mass is 9.81. The highest BCUT2D eigenvalue weighted by atomic mass is 15.3. The van der Waals surface area contributed by atoms with Gasteiger partial charge >= 0.3 is 0 Å². The Kier molecular flexibility index (Phi) is 7.40. The molecule has 0 aliphatic heterocycles. The smallest absolute Gasteiger partial charge is 0.0394 e. The summed E-state index contributed by atoms with van der Waals surface area (Å²) in [5, 5.41) is 0. The van der Waals surface area contributed by atoms with Crippen molar-refractivity contribution >= 4 is 0 Å². The molecule has 0 rings (SSSR count). The zero-order chi connectivity index (χ0) is 12.6. The number of hydrogen-bond donors (Lipinski definition) is 2. The van der Waals surface area contributed by atoms with E-state index in [0.717, 1.165) is 32.1 Å². The third-order valence-electron chi connectivity index (χ3n) is 3.78. The van der Waals surface area contributed by atoms with Crippen molar-refractivity contribution in [1.82, 2.24) is 10.3 Å². The Morgan fingerprint density at radius 1 is 1.38 bits per heavy atom. The molecule has 0 aliphatic rings. The Labute approximate surface area is 101 Å². The molecule has 0 aromatic heterocycles. The van der Waals surface area contributed by atoms with Gasteiger partial charge in [0.1, 0.15) is 0 Å². The van der Waals surface area contributed by atoms with Crippen LogP contribution in [0.1, 0.15) is 46.0 Å². The Bertz CT molecular complexity index is 214. The minimum atomic E-state index is 0.128. The molecule has 1 atom stereocenters. The van der Waals surface area contributed by atoms with Crippen LogP contribution in [-0.4, -0.2) is 30.6 Å². The standard InChI is InChI=1S/C13H27N3/c1-6-9-10-11-12(15-14)13(7-2,8-3)16(4)5/h1,12,15H,7-11,14H2,2-5H3. The molecule has 16 heavy (non-hydrogen) atoms. The molecule has 0 aliphatic carbocycles. The second-order valence-electron chi connectivity index (χ2n) is 4.52. The van der Waals surface area contributed by atoms with Crippen LogP contribution in [0.2, 0.25) is 0 Å². The van der Waals surface area contributed by atoms with E-state index in [4.69, 9.17) is 12.3 Å². The maximum absolute atomic E-state index is 5.70. The quantitative estimate of drug-likeness (QED) is 0.286. The van der Waals surface area contributed by atoms with Crippen LogP contribution >= 0.6 is 0 Å². The number of hydrogen-bond acceptors (Lipinski definition) is 3. The first-order chi connectivity index (χ1) is 7.58. The zero-order valence-corrected chi connectivity index (χ0v) is 11.2. The van der Waals surface area contributed by atoms with Crippen LogP contribution in [0.25, 0.3) is 0 Å². The van der Waals surface area contributed by atoms with E-state index in [0.29, 0.717) is 6.04 Å². The fourth-order valence-corrected chi connectivity index (χ4v) is 2.60. The van der Waals surface area contributed by atoms with E-state index in [1.807, 2.05) is 0 Å². The van der Waals surface area contributed by atoms with E-state index in [-0.39, 0.29) is 5.54 Å². The average Bonchev–Trinajstić information content (AvgIpc) is 2.28. The second-order valence-corrected chi connectivity index (χ2v) is 4.52. The molecule has 1 unspecified atom stereocenters. The fraction of sp³-hybridized carbons (Fsp3) is 0.846. The molecule has 0 saturated heterocycles. The molecule has 3 nitrogen and oxygen atoms in total. The lowest BCUT2D eigenvalue weighted by Crippen LogP contribution is -2.60. The number of nitrogens with two attached hydrogens (primary N) is 1. The van der Waals surface area contributed by atoms with Crippen molar-refractivity contribution in [2.75, 3.05) is 14.1 Å². The maximum atomic E-state index is 5.70. The molecular weight excluding hydrogens is 198 g/mol. The zero-order valence-electron chi connectivity index (χ0n) is 11.2. The first-order valence-corrected chi connectivity index (χ1v) is 6.16. The normalized spacial score (nSPS) is 13.8. The minimum absolute atomic E-state index is 0.128. The van der Waals surface area contributed by atoms with Gasteiger partial charge in [0.05, 0.1) is 0 Å². The van der Waals surface area contributed by atoms with Crippen molar-refractivity contribution in [2.45, 2.75) is 57.5 Å². The van der Waals surface area contributed by atoms with Crippen LogP contribution in [0.4, 0.5) is 0 Å². The minimum Gasteiger partial charge on any atom is -0.302 e. The van der Waals surface area contributed by atoms with Crippen LogP contribution in [-0.2, 0) is 0 Å². The van der Waals surface area contributed by atoms with Gasteiger partial charge in [-0.05, 0) is 39.8 Å². The number of unbranched alkanes of at least 4 members (excludes halogenated alkanes) is 1. The lowest BCUT2D eigenvalue weighted by Gasteiger charge is -2.45. The number of likely N-dealkylation sites (N-methyl/N-ethyl adjacent to an activating group) is 1. The molecule has 0 aromatic carbocycles. The van der Waals surface area contributed by atoms with Crippen molar-refractivity contribution in [3.63, 3.8) is 0 Å². The highest BCUT2D eigenvalue weighted by Crippen LogP contribution is 2.28. The molecule has 0 aromatic rings. The molecule has 94 valence electrons. The average molecular weight is 225 g/mol. The fourth-order valence-electron chi connectivity index (χ4n) is 2.60. The summed E-state index contributed by atoms with van der Waals surface area (Å²) in [5.74, 6) is 8.38. The first-order valence-electron chi connectivity index (χ1n) is 6.16. The van der Waals surface area contributed by atoms with Crippen molar-refractivity contribution in [3.05, 3.63) is 0 Å². The summed E-state index contributed by atoms with van der Waals surface area (Å²) in [4.78, 5) is 2.29. The first kappa shape index (κ1) is 15.4. The van der Waals surface area contributed by atoms with Gasteiger partial charge in [-0.1, -0.05) is 13.8 Å². The summed E-state index contributed by atoms with van der Waals surface area (Å²) >= 11 is 0. The molecular formula is C13H27N3. The number of terminal acetylenes is 1. The summed E-state index contributed by atoms with van der Waals surface area (Å²) < 4.78 is 0. The van der Waals surface area contributed by atoms with Crippen molar-refractivity contribution < 1.29 is 0 Å². The SMILES string of the molecule is C#CCCCC(NN)C(CC)(CC)N(C)C. The molecule has 0 heterocycles. The number of nitrogens with one attached hydrogen (secondary N) is 1. The van der Waals surface area contributed by atoms with Crippen LogP contribution in [0, 0.1) is 12.3 Å². The van der Waals surface area contributed by atoms with Gasteiger partial charge in [0.2, 0.25) is 0 Å². The monoisotopic (exact) mass is 225 g/mol. The molecule has 0 saturated carbocycles. The van der Waals surface area contributed by atoms with E-state index in [1.54, 1.807) is 0 Å². The van der Waals surface area contributed by atoms with Gasteiger partial charge in [-0.25, -0.2) is 0 Å². The Hall–Kier alpha value is -0.560. The van der Waals surface area contributed by atoms with Crippen LogP contribution in [0.3, 0.4) is 0 Å². The highest BCUT2D eigenvalue weighted by molar-refractivity contribution is 4.96. The second kappa shape index (κ2) is 7.67. The molecule has 0 radical (unpaired) electrons. The maximum Gasteiger partial charge on any atom is 0.0394 e. The summed E-state index contributed by atoms with van der Waals surface area (Å²) in [5.41, 5.74) is 3.10. The van der Waals surface area contributed by atoms with Crippen LogP contribution in [0.5, 0.6) is 0 Å². The number of nitrogens with zero attached hydrogens (tertiary/aromatic N) is 1. The van der Waals surface area contributed by atoms with Gasteiger partial charge in [-0.15, -0.1) is 12.3 Å². The Morgan fingerprint density at radius 2 is 1.94 bits per heavy atom. The Morgan fingerprint density at radius 3 is 2.25 bits per heavy atom. The van der Waals surface area contributed by atoms with Crippen molar-refractivity contribution in [3.8, 4) is 12.3 Å². The summed E-state index contributed by atoms with van der Waals surface area (Å²) in [7, 11) is 4.25. The lowest BCUT2D eigenvalue weighted by molar-refractivity contribution is 0.0834. The number of hydrazine groups is 1. The molecule has 3 N–H and O–H groups in total. The van der Waals surface area contributed by atoms with Gasteiger partial charge in [-0.2, -0.15) is 0 Å². The summed E-state index contributed by atoms with van der Waals surface area (Å²) in [6, 6.07) is 0.297. The number of rotatable bonds is 8. The predicted molar refractivity (Wildman–Crippen MR) is 70.8 cm³/mol. The third kappa shape index (κ3) is 3.48. The Balaban J connectivity index is 4.65. The third-order valence-corrected chi connectivity index (χ3v) is 3.78. The van der Waals surface area contributed by atoms with E-state index in [1.165, 1.54) is 0 Å². The van der Waals surface area contributed by atoms with Crippen molar-refractivity contribution in [2.24, 2.45) is 5.84 Å². The van der Waals surface area contributed by atoms with Gasteiger partial charge < -0.3 is 4.90 Å². The van der Waals surface area contributed by atoms with Crippen LogP contribution in [0.15, 0.2) is 0 Å². The summed E-state index contributed by atoms with van der Waals surface area (Å²) in [6.07, 6.45) is 10.3. The van der Waals surface area contributed by atoms with Crippen molar-refractivity contribution in [1.29, 1.82) is 0 Å². The van der Waals surface area contributed by atoms with Gasteiger partial charge in [-0.3, -0.25) is 11.3 Å². The van der Waals surface area contributed by atoms with E-state index in [9.17, 15) is 0 Å². The van der Waals surface area contributed by atoms with Gasteiger partial charge in [0.15, 0.2) is 0 Å². The molecule has 0 amide bonds.